The van der Waals surface area contributed by atoms with Crippen molar-refractivity contribution < 1.29 is 6.17 Å². The average molecular weight is 970 g/mol. The number of aliphatic imine (C=N–C) groups is 1. The van der Waals surface area contributed by atoms with Crippen LogP contribution < -0.4 is 5.73 Å². The SMILES string of the molecule is C.C.C[SiH](C)C.C[SiH](Cl)Cl.C[Si](C)(C)CCCCl.C[Si](C)(C)CCCN.C[Si](C)(C)CCCN=C=O.Cl[SiH](Cl)Cl.[3H]C(=S)I. The minimum absolute atomic E-state index is 0. The van der Waals surface area contributed by atoms with Crippen LogP contribution in [-0.4, -0.2) is 75.6 Å². The van der Waals surface area contributed by atoms with Crippen LogP contribution in [0.1, 0.15) is 35.5 Å². The highest BCUT2D eigenvalue weighted by atomic mass is 127. The van der Waals surface area contributed by atoms with Gasteiger partial charge in [0, 0.05) is 42.2 Å². The third kappa shape index (κ3) is 207. The summed E-state index contributed by atoms with van der Waals surface area (Å²) in [5.74, 6) is 0.838. The Kier molecular flexibility index (Phi) is 74.6. The van der Waals surface area contributed by atoms with Gasteiger partial charge in [0.2, 0.25) is 13.5 Å². The molecule has 270 valence electrons. The number of nitrogens with zero attached hydrogens (tertiary/aromatic N) is 1. The third-order valence-electron chi connectivity index (χ3n) is 3.45. The van der Waals surface area contributed by atoms with Crippen LogP contribution in [0.4, 0.5) is 0 Å². The van der Waals surface area contributed by atoms with Crippen LogP contribution in [0.5, 0.6) is 0 Å². The molecule has 0 aliphatic carbocycles. The van der Waals surface area contributed by atoms with E-state index in [-0.39, 0.29) is 27.0 Å². The molecule has 17 heteroatoms. The van der Waals surface area contributed by atoms with Crippen LogP contribution in [0.2, 0.25) is 103 Å². The number of thiocarbonyl (C=S) groups is 1. The zero-order valence-corrected chi connectivity index (χ0v) is 42.1. The number of nitrogens with two attached hydrogens (primary N) is 1. The van der Waals surface area contributed by atoms with Crippen molar-refractivity contribution in [2.24, 2.45) is 10.7 Å². The van der Waals surface area contributed by atoms with Gasteiger partial charge in [-0.05, 0) is 54.9 Å². The van der Waals surface area contributed by atoms with Crippen molar-refractivity contribution in [1.82, 2.24) is 0 Å². The summed E-state index contributed by atoms with van der Waals surface area (Å²) in [7, 11) is -3.75. The Bertz CT molecular complexity index is 556. The summed E-state index contributed by atoms with van der Waals surface area (Å²) in [5.41, 5.74) is 5.36. The Morgan fingerprint density at radius 2 is 1.05 bits per heavy atom. The molecule has 0 radical (unpaired) electrons. The molecule has 0 saturated carbocycles. The zero-order valence-electron chi connectivity index (χ0n) is 29.1. The van der Waals surface area contributed by atoms with Gasteiger partial charge in [0.25, 0.3) is 0 Å². The Hall–Kier alpha value is 3.20. The molecule has 0 spiro atoms. The minimum atomic E-state index is -1.72. The largest absolute Gasteiger partial charge is 0.330 e. The fourth-order valence-corrected chi connectivity index (χ4v) is 6.04. The molecular formula is C26H71Cl6IN2OSSi6. The monoisotopic (exact) mass is 966 g/mol. The predicted molar refractivity (Wildman–Crippen MR) is 246 cm³/mol. The van der Waals surface area contributed by atoms with E-state index in [0.29, 0.717) is 6.54 Å². The first-order chi connectivity index (χ1) is 18.6. The summed E-state index contributed by atoms with van der Waals surface area (Å²) in [6.45, 7) is 29.8. The van der Waals surface area contributed by atoms with Crippen LogP contribution in [0.15, 0.2) is 4.99 Å². The molecule has 3 nitrogen and oxygen atoms in total. The highest BCUT2D eigenvalue weighted by Crippen LogP contribution is 2.11. The molecular weight excluding hydrogens is 897 g/mol. The summed E-state index contributed by atoms with van der Waals surface area (Å²) in [6.07, 6.45) is 5.01. The molecule has 0 aliphatic heterocycles. The minimum Gasteiger partial charge on any atom is -0.330 e. The molecule has 0 heterocycles. The summed E-state index contributed by atoms with van der Waals surface area (Å²) >= 11 is 36.7. The van der Waals surface area contributed by atoms with Crippen molar-refractivity contribution in [3.63, 3.8) is 0 Å². The van der Waals surface area contributed by atoms with Gasteiger partial charge in [-0.3, -0.25) is 0 Å². The van der Waals surface area contributed by atoms with Crippen LogP contribution in [0.3, 0.4) is 0 Å². The molecule has 0 saturated heterocycles. The van der Waals surface area contributed by atoms with E-state index in [9.17, 15) is 4.79 Å². The number of carbonyl (C=O) groups excluding carboxylic acids is 1. The van der Waals surface area contributed by atoms with E-state index in [2.05, 4.69) is 95.8 Å². The third-order valence-corrected chi connectivity index (χ3v) is 9.28. The number of rotatable bonds is 10. The van der Waals surface area contributed by atoms with Crippen molar-refractivity contribution in [2.45, 2.75) is 137 Å². The molecule has 0 bridgehead atoms. The average Bonchev–Trinajstić information content (AvgIpc) is 2.71. The van der Waals surface area contributed by atoms with Crippen molar-refractivity contribution in [3.8, 4) is 0 Å². The smallest absolute Gasteiger partial charge is 0.326 e. The van der Waals surface area contributed by atoms with E-state index >= 15 is 0 Å². The van der Waals surface area contributed by atoms with Crippen molar-refractivity contribution in [3.05, 3.63) is 0 Å². The second-order valence-electron chi connectivity index (χ2n) is 13.0. The molecule has 0 aromatic carbocycles. The normalized spacial score (nSPS) is 10.1. The molecule has 2 N–H and O–H groups in total. The lowest BCUT2D eigenvalue weighted by atomic mass is 10.5. The quantitative estimate of drug-likeness (QED) is 0.0273. The maximum atomic E-state index is 9.65. The second-order valence-corrected chi connectivity index (χ2v) is 47.3. The van der Waals surface area contributed by atoms with Crippen LogP contribution >= 0.6 is 102 Å². The lowest BCUT2D eigenvalue weighted by Gasteiger charge is -2.13. The van der Waals surface area contributed by atoms with Crippen LogP contribution in [0.25, 0.3) is 0 Å². The lowest BCUT2D eigenvalue weighted by Crippen LogP contribution is -2.20. The zero-order chi connectivity index (χ0) is 35.6. The first-order valence-corrected chi connectivity index (χ1v) is 40.3. The van der Waals surface area contributed by atoms with Gasteiger partial charge in [-0.2, -0.15) is 22.2 Å². The summed E-state index contributed by atoms with van der Waals surface area (Å²) in [4.78, 5) is 13.1. The van der Waals surface area contributed by atoms with E-state index in [4.69, 9.17) is 74.1 Å². The molecule has 0 aliphatic rings. The Morgan fingerprint density at radius 1 is 0.814 bits per heavy atom. The fraction of sp³-hybridized carbons (Fsp3) is 0.923. The maximum absolute atomic E-state index is 9.65. The number of hydrogen-bond acceptors (Lipinski definition) is 4. The van der Waals surface area contributed by atoms with E-state index in [1.807, 2.05) is 6.55 Å². The Balaban J connectivity index is -0.0000000477. The molecule has 0 amide bonds. The summed E-state index contributed by atoms with van der Waals surface area (Å²) in [5, 5.41) is 0. The molecule has 0 unspecified atom stereocenters. The Labute approximate surface area is 328 Å². The van der Waals surface area contributed by atoms with Gasteiger partial charge in [0.1, 0.15) is 0 Å². The van der Waals surface area contributed by atoms with Gasteiger partial charge >= 0.3 is 6.73 Å². The van der Waals surface area contributed by atoms with Crippen molar-refractivity contribution >= 4 is 158 Å². The molecule has 0 fully saturated rings. The van der Waals surface area contributed by atoms with E-state index < -0.39 is 38.4 Å². The van der Waals surface area contributed by atoms with E-state index in [0.717, 1.165) is 18.8 Å². The van der Waals surface area contributed by atoms with Crippen LogP contribution in [0, 0.1) is 0 Å². The van der Waals surface area contributed by atoms with Gasteiger partial charge in [0.15, 0.2) is 0 Å². The number of halogens is 7. The standard InChI is InChI=1S/C7H15NOSi.C6H15ClSi.C6H17NSi.C3H10Si.CH4Cl2Si.CHIS.2CH4.Cl3HSi/c1-10(2,3)6-4-5-8-7-9;2*1-8(2,3)6-4-5-7;2*1-4(2)3;2-1-3;;;1-4(2)3/h4-6H2,1-3H3;4-6H2,1-3H3;4-7H2,1-3H3;4H,1-3H3;4H,1H3;1H;2*1H4;4H/i;;;;;1T;;;. The van der Waals surface area contributed by atoms with Crippen molar-refractivity contribution in [2.75, 3.05) is 19.0 Å². The number of hydrogen-bond donors (Lipinski definition) is 1. The van der Waals surface area contributed by atoms with E-state index in [1.54, 1.807) is 28.7 Å². The molecule has 0 aromatic rings. The van der Waals surface area contributed by atoms with Gasteiger partial charge in [-0.1, -0.05) is 124 Å². The molecule has 0 atom stereocenters. The topological polar surface area (TPSA) is 55.4 Å². The maximum Gasteiger partial charge on any atom is 0.326 e. The van der Waals surface area contributed by atoms with Gasteiger partial charge in [-0.25, -0.2) is 9.79 Å². The second kappa shape index (κ2) is 49.6. The number of isocyanates is 1. The summed E-state index contributed by atoms with van der Waals surface area (Å²) in [6, 6.07) is 4.00. The van der Waals surface area contributed by atoms with Crippen molar-refractivity contribution in [1.29, 1.82) is 0 Å². The van der Waals surface area contributed by atoms with Crippen LogP contribution in [-0.2, 0) is 4.79 Å². The molecule has 0 aromatic heterocycles. The number of alkyl halides is 1. The van der Waals surface area contributed by atoms with Gasteiger partial charge in [-0.15, -0.1) is 44.8 Å². The highest BCUT2D eigenvalue weighted by molar-refractivity contribution is 14.1. The van der Waals surface area contributed by atoms with E-state index in [1.165, 1.54) is 31.0 Å². The molecule has 0 rings (SSSR count). The van der Waals surface area contributed by atoms with Gasteiger partial charge < -0.3 is 5.73 Å². The summed E-state index contributed by atoms with van der Waals surface area (Å²) < 4.78 is 6.52. The molecule has 43 heavy (non-hydrogen) atoms. The lowest BCUT2D eigenvalue weighted by molar-refractivity contribution is 0.562. The predicted octanol–water partition coefficient (Wildman–Crippen LogP) is 13.2. The Morgan fingerprint density at radius 3 is 1.19 bits per heavy atom. The first-order valence-electron chi connectivity index (χ1n) is 14.3. The first kappa shape index (κ1) is 64.7. The highest BCUT2D eigenvalue weighted by Gasteiger charge is 2.11. The fourth-order valence-electron chi connectivity index (χ4n) is 1.96. The van der Waals surface area contributed by atoms with Gasteiger partial charge in [0.05, 0.1) is 7.92 Å².